The summed E-state index contributed by atoms with van der Waals surface area (Å²) in [6.45, 7) is -0.549. The van der Waals surface area contributed by atoms with Crippen molar-refractivity contribution in [1.82, 2.24) is 0 Å². The largest absolute Gasteiger partial charge is 0.481 e. The summed E-state index contributed by atoms with van der Waals surface area (Å²) in [6, 6.07) is 6.93. The van der Waals surface area contributed by atoms with Crippen LogP contribution in [-0.4, -0.2) is 74.5 Å². The fourth-order valence-electron chi connectivity index (χ4n) is 2.94. The molecule has 0 saturated carbocycles. The number of carbonyl (C=O) groups excluding carboxylic acids is 1. The van der Waals surface area contributed by atoms with Crippen LogP contribution in [0.25, 0.3) is 0 Å². The third-order valence-electron chi connectivity index (χ3n) is 4.47. The second kappa shape index (κ2) is 9.77. The van der Waals surface area contributed by atoms with Crippen molar-refractivity contribution in [3.8, 4) is 0 Å². The van der Waals surface area contributed by atoms with Crippen LogP contribution in [0.5, 0.6) is 0 Å². The van der Waals surface area contributed by atoms with Crippen LogP contribution in [0.15, 0.2) is 24.3 Å². The van der Waals surface area contributed by atoms with E-state index in [1.54, 1.807) is 24.3 Å². The lowest BCUT2D eigenvalue weighted by Gasteiger charge is -2.39. The molecule has 0 unspecified atom stereocenters. The van der Waals surface area contributed by atoms with Gasteiger partial charge in [-0.2, -0.15) is 0 Å². The molecule has 1 aliphatic heterocycles. The number of hydrogen-bond donors (Lipinski definition) is 6. The van der Waals surface area contributed by atoms with Gasteiger partial charge in [-0.05, 0) is 30.5 Å². The maximum absolute atomic E-state index is 12.2. The third-order valence-corrected chi connectivity index (χ3v) is 4.47. The molecule has 1 amide bonds. The van der Waals surface area contributed by atoms with Crippen molar-refractivity contribution >= 4 is 17.6 Å². The highest BCUT2D eigenvalue weighted by molar-refractivity contribution is 5.91. The molecule has 1 aromatic rings. The molecule has 1 saturated heterocycles. The molecule has 1 fully saturated rings. The molecule has 0 spiro atoms. The van der Waals surface area contributed by atoms with E-state index in [1.165, 1.54) is 0 Å². The Labute approximate surface area is 156 Å². The molecule has 5 atom stereocenters. The number of carbonyl (C=O) groups is 2. The van der Waals surface area contributed by atoms with Crippen molar-refractivity contribution in [1.29, 1.82) is 0 Å². The van der Waals surface area contributed by atoms with Gasteiger partial charge in [-0.1, -0.05) is 12.1 Å². The zero-order chi connectivity index (χ0) is 20.0. The van der Waals surface area contributed by atoms with Gasteiger partial charge >= 0.3 is 5.97 Å². The number of amides is 1. The summed E-state index contributed by atoms with van der Waals surface area (Å²) in [4.78, 5) is 22.7. The van der Waals surface area contributed by atoms with Gasteiger partial charge in [-0.3, -0.25) is 9.59 Å². The van der Waals surface area contributed by atoms with Crippen molar-refractivity contribution < 1.29 is 39.9 Å². The lowest BCUT2D eigenvalue weighted by molar-refractivity contribution is -0.229. The number of nitrogens with one attached hydrogen (secondary N) is 1. The molecule has 0 radical (unpaired) electrons. The van der Waals surface area contributed by atoms with Gasteiger partial charge in [-0.25, -0.2) is 0 Å². The van der Waals surface area contributed by atoms with Crippen LogP contribution in [0.1, 0.15) is 24.8 Å². The standard InChI is InChI=1S/C18H25NO8/c20-9-13-17(25)18(26)16(24)12(27-13)8-14(21)19-11-6-4-10(5-7-11)2-1-3-15(22)23/h4-7,12-13,16-18,20,24-26H,1-3,8-9H2,(H,19,21)(H,22,23)/t12-,13+,16+,17+,18+/m0/s1. The average molecular weight is 383 g/mol. The van der Waals surface area contributed by atoms with Gasteiger partial charge in [-0.15, -0.1) is 0 Å². The Hall–Kier alpha value is -2.04. The summed E-state index contributed by atoms with van der Waals surface area (Å²) in [5.41, 5.74) is 1.47. The number of carboxylic acid groups (broad SMARTS) is 1. The van der Waals surface area contributed by atoms with Gasteiger partial charge in [0.25, 0.3) is 0 Å². The van der Waals surface area contributed by atoms with Crippen LogP contribution in [0, 0.1) is 0 Å². The Morgan fingerprint density at radius 2 is 1.63 bits per heavy atom. The number of aryl methyl sites for hydroxylation is 1. The highest BCUT2D eigenvalue weighted by Gasteiger charge is 2.43. The van der Waals surface area contributed by atoms with E-state index >= 15 is 0 Å². The molecule has 1 aromatic carbocycles. The molecule has 150 valence electrons. The first kappa shape index (κ1) is 21.3. The molecule has 0 bridgehead atoms. The fraction of sp³-hybridized carbons (Fsp3) is 0.556. The normalized spacial score (nSPS) is 27.9. The molecule has 27 heavy (non-hydrogen) atoms. The molecule has 1 heterocycles. The van der Waals surface area contributed by atoms with Gasteiger partial charge in [0, 0.05) is 12.1 Å². The van der Waals surface area contributed by atoms with E-state index in [0.717, 1.165) is 5.56 Å². The minimum Gasteiger partial charge on any atom is -0.481 e. The second-order valence-corrected chi connectivity index (χ2v) is 6.56. The Morgan fingerprint density at radius 1 is 1.00 bits per heavy atom. The zero-order valence-electron chi connectivity index (χ0n) is 14.7. The topological polar surface area (TPSA) is 157 Å². The van der Waals surface area contributed by atoms with Crippen molar-refractivity contribution in [3.63, 3.8) is 0 Å². The number of aliphatic hydroxyl groups excluding tert-OH is 4. The predicted octanol–water partition coefficient (Wildman–Crippen LogP) is -0.735. The number of ether oxygens (including phenoxy) is 1. The first-order chi connectivity index (χ1) is 12.8. The van der Waals surface area contributed by atoms with Crippen LogP contribution in [0.3, 0.4) is 0 Å². The number of rotatable bonds is 8. The van der Waals surface area contributed by atoms with Gasteiger partial charge in [0.1, 0.15) is 24.4 Å². The summed E-state index contributed by atoms with van der Waals surface area (Å²) < 4.78 is 5.30. The highest BCUT2D eigenvalue weighted by Crippen LogP contribution is 2.23. The average Bonchev–Trinajstić information content (AvgIpc) is 2.63. The van der Waals surface area contributed by atoms with Crippen molar-refractivity contribution in [3.05, 3.63) is 29.8 Å². The third kappa shape index (κ3) is 5.98. The SMILES string of the molecule is O=C(O)CCCc1ccc(NC(=O)C[C@@H]2O[C@H](CO)[C@@H](O)[C@H](O)[C@@H]2O)cc1. The molecular weight excluding hydrogens is 358 g/mol. The Balaban J connectivity index is 1.86. The van der Waals surface area contributed by atoms with Crippen LogP contribution >= 0.6 is 0 Å². The second-order valence-electron chi connectivity index (χ2n) is 6.56. The maximum atomic E-state index is 12.2. The van der Waals surface area contributed by atoms with E-state index in [1.807, 2.05) is 0 Å². The van der Waals surface area contributed by atoms with Crippen molar-refractivity contribution in [2.24, 2.45) is 0 Å². The Morgan fingerprint density at radius 3 is 2.22 bits per heavy atom. The molecule has 0 aromatic heterocycles. The summed E-state index contributed by atoms with van der Waals surface area (Å²) >= 11 is 0. The summed E-state index contributed by atoms with van der Waals surface area (Å²) in [5.74, 6) is -1.30. The lowest BCUT2D eigenvalue weighted by Crippen LogP contribution is -2.59. The minimum atomic E-state index is -1.52. The van der Waals surface area contributed by atoms with E-state index in [0.29, 0.717) is 18.5 Å². The van der Waals surface area contributed by atoms with Crippen molar-refractivity contribution in [2.75, 3.05) is 11.9 Å². The number of benzene rings is 1. The van der Waals surface area contributed by atoms with Crippen LogP contribution in [0.4, 0.5) is 5.69 Å². The molecule has 9 nitrogen and oxygen atoms in total. The fourth-order valence-corrected chi connectivity index (χ4v) is 2.94. The highest BCUT2D eigenvalue weighted by atomic mass is 16.5. The summed E-state index contributed by atoms with van der Waals surface area (Å²) in [5, 5.41) is 49.9. The van der Waals surface area contributed by atoms with Gasteiger partial charge in [0.2, 0.25) is 5.91 Å². The van der Waals surface area contributed by atoms with Crippen LogP contribution in [0.2, 0.25) is 0 Å². The Bertz CT molecular complexity index is 633. The Kier molecular flexibility index (Phi) is 7.69. The smallest absolute Gasteiger partial charge is 0.303 e. The maximum Gasteiger partial charge on any atom is 0.303 e. The first-order valence-corrected chi connectivity index (χ1v) is 8.73. The van der Waals surface area contributed by atoms with E-state index in [2.05, 4.69) is 5.32 Å². The van der Waals surface area contributed by atoms with E-state index in [4.69, 9.17) is 14.9 Å². The monoisotopic (exact) mass is 383 g/mol. The molecule has 1 aliphatic rings. The number of aliphatic carboxylic acids is 1. The quantitative estimate of drug-likeness (QED) is 0.343. The number of hydrogen-bond acceptors (Lipinski definition) is 7. The van der Waals surface area contributed by atoms with Crippen molar-refractivity contribution in [2.45, 2.75) is 56.2 Å². The van der Waals surface area contributed by atoms with Crippen LogP contribution < -0.4 is 5.32 Å². The van der Waals surface area contributed by atoms with Crippen LogP contribution in [-0.2, 0) is 20.7 Å². The number of anilines is 1. The first-order valence-electron chi connectivity index (χ1n) is 8.73. The molecule has 2 rings (SSSR count). The minimum absolute atomic E-state index is 0.0948. The van der Waals surface area contributed by atoms with E-state index in [-0.39, 0.29) is 12.8 Å². The molecular formula is C18H25NO8. The van der Waals surface area contributed by atoms with E-state index in [9.17, 15) is 24.9 Å². The van der Waals surface area contributed by atoms with E-state index < -0.39 is 49.0 Å². The molecule has 0 aliphatic carbocycles. The summed E-state index contributed by atoms with van der Waals surface area (Å²) in [6.07, 6.45) is -5.56. The number of carboxylic acids is 1. The summed E-state index contributed by atoms with van der Waals surface area (Å²) in [7, 11) is 0. The van der Waals surface area contributed by atoms with Gasteiger partial charge in [0.15, 0.2) is 0 Å². The predicted molar refractivity (Wildman–Crippen MR) is 94.0 cm³/mol. The van der Waals surface area contributed by atoms with Gasteiger partial charge < -0.3 is 35.6 Å². The van der Waals surface area contributed by atoms with Gasteiger partial charge in [0.05, 0.1) is 19.1 Å². The molecule has 6 N–H and O–H groups in total. The molecule has 9 heteroatoms. The zero-order valence-corrected chi connectivity index (χ0v) is 14.7. The number of aliphatic hydroxyl groups is 4. The lowest BCUT2D eigenvalue weighted by atomic mass is 9.93.